The molecule has 0 aromatic carbocycles. The molecule has 40 heavy (non-hydrogen) atoms. The van der Waals surface area contributed by atoms with E-state index in [9.17, 15) is 24.9 Å². The first-order valence-corrected chi connectivity index (χ1v) is 16.9. The third kappa shape index (κ3) is 25.6. The first-order chi connectivity index (χ1) is 19.3. The zero-order valence-electron chi connectivity index (χ0n) is 26.1. The maximum Gasteiger partial charge on any atom is 0.331 e. The highest BCUT2D eigenvalue weighted by molar-refractivity contribution is 5.86. The van der Waals surface area contributed by atoms with Crippen LogP contribution < -0.4 is 5.73 Å². The number of aliphatic hydroxyl groups is 2. The van der Waals surface area contributed by atoms with Gasteiger partial charge in [-0.3, -0.25) is 4.79 Å². The minimum atomic E-state index is -1.24. The summed E-state index contributed by atoms with van der Waals surface area (Å²) in [7, 11) is 0. The SMILES string of the molecule is CCCCCCCCCCCCCCCC/C(=C\CC(O)(CO)CCCCCCCCCCCC(N)=O)C(=O)O. The first-order valence-electron chi connectivity index (χ1n) is 16.9. The molecule has 0 spiro atoms. The summed E-state index contributed by atoms with van der Waals surface area (Å²) in [5.74, 6) is -1.13. The summed E-state index contributed by atoms with van der Waals surface area (Å²) < 4.78 is 0. The molecule has 0 saturated heterocycles. The quantitative estimate of drug-likeness (QED) is 0.0493. The summed E-state index contributed by atoms with van der Waals surface area (Å²) in [4.78, 5) is 22.4. The van der Waals surface area contributed by atoms with Crippen LogP contribution in [0.3, 0.4) is 0 Å². The van der Waals surface area contributed by atoms with Crippen molar-refractivity contribution < 1.29 is 24.9 Å². The van der Waals surface area contributed by atoms with Gasteiger partial charge >= 0.3 is 5.97 Å². The number of aliphatic hydroxyl groups excluding tert-OH is 1. The second-order valence-electron chi connectivity index (χ2n) is 12.1. The average molecular weight is 568 g/mol. The minimum Gasteiger partial charge on any atom is -0.478 e. The number of hydrogen-bond acceptors (Lipinski definition) is 4. The van der Waals surface area contributed by atoms with Gasteiger partial charge in [-0.2, -0.15) is 0 Å². The van der Waals surface area contributed by atoms with Gasteiger partial charge in [-0.05, 0) is 32.1 Å². The lowest BCUT2D eigenvalue weighted by atomic mass is 9.91. The van der Waals surface area contributed by atoms with Crippen LogP contribution in [0.25, 0.3) is 0 Å². The van der Waals surface area contributed by atoms with E-state index in [4.69, 9.17) is 5.73 Å². The molecule has 0 aromatic heterocycles. The molecule has 0 aliphatic carbocycles. The van der Waals surface area contributed by atoms with Crippen LogP contribution in [0.1, 0.15) is 180 Å². The number of amides is 1. The minimum absolute atomic E-state index is 0.190. The van der Waals surface area contributed by atoms with Crippen LogP contribution in [0.2, 0.25) is 0 Å². The number of carboxylic acid groups (broad SMARTS) is 1. The highest BCUT2D eigenvalue weighted by Crippen LogP contribution is 2.23. The van der Waals surface area contributed by atoms with Crippen molar-refractivity contribution in [1.29, 1.82) is 0 Å². The van der Waals surface area contributed by atoms with Gasteiger partial charge in [0.2, 0.25) is 5.91 Å². The normalized spacial score (nSPS) is 13.4. The first kappa shape index (κ1) is 38.6. The highest BCUT2D eigenvalue weighted by Gasteiger charge is 2.25. The molecule has 0 fully saturated rings. The molecule has 1 amide bonds. The second kappa shape index (κ2) is 27.8. The van der Waals surface area contributed by atoms with Gasteiger partial charge in [0.05, 0.1) is 12.2 Å². The Balaban J connectivity index is 3.92. The number of hydrogen-bond donors (Lipinski definition) is 4. The molecule has 0 radical (unpaired) electrons. The van der Waals surface area contributed by atoms with Gasteiger partial charge in [-0.25, -0.2) is 4.79 Å². The summed E-state index contributed by atoms with van der Waals surface area (Å²) >= 11 is 0. The number of nitrogens with two attached hydrogens (primary N) is 1. The van der Waals surface area contributed by atoms with Crippen molar-refractivity contribution in [3.63, 3.8) is 0 Å². The standard InChI is InChI=1S/C34H65NO5/c1-2-3-4-5-6-7-8-9-10-11-13-16-19-22-25-31(33(38)39)27-29-34(40,30-36)28-24-21-18-15-12-14-17-20-23-26-32(35)37/h27,36,40H,2-26,28-30H2,1H3,(H2,35,37)(H,38,39)/b31-27+. The molecule has 0 aliphatic heterocycles. The summed E-state index contributed by atoms with van der Waals surface area (Å²) in [5, 5.41) is 30.2. The van der Waals surface area contributed by atoms with Crippen LogP contribution in [0.15, 0.2) is 11.6 Å². The van der Waals surface area contributed by atoms with E-state index in [1.54, 1.807) is 6.08 Å². The van der Waals surface area contributed by atoms with Crippen LogP contribution in [-0.4, -0.2) is 39.4 Å². The lowest BCUT2D eigenvalue weighted by Gasteiger charge is -2.24. The Labute approximate surface area is 246 Å². The average Bonchev–Trinajstić information content (AvgIpc) is 2.93. The van der Waals surface area contributed by atoms with Crippen molar-refractivity contribution in [3.05, 3.63) is 11.6 Å². The lowest BCUT2D eigenvalue weighted by molar-refractivity contribution is -0.132. The molecule has 1 atom stereocenters. The molecule has 0 rings (SSSR count). The van der Waals surface area contributed by atoms with Crippen molar-refractivity contribution in [2.24, 2.45) is 5.73 Å². The molecule has 0 aromatic rings. The Morgan fingerprint density at radius 1 is 0.625 bits per heavy atom. The van der Waals surface area contributed by atoms with Gasteiger partial charge in [0, 0.05) is 12.0 Å². The zero-order chi connectivity index (χ0) is 29.7. The third-order valence-electron chi connectivity index (χ3n) is 8.16. The Morgan fingerprint density at radius 2 is 1.00 bits per heavy atom. The predicted octanol–water partition coefficient (Wildman–Crippen LogP) is 8.76. The second-order valence-corrected chi connectivity index (χ2v) is 12.1. The number of carboxylic acids is 1. The summed E-state index contributed by atoms with van der Waals surface area (Å²) in [6, 6.07) is 0. The summed E-state index contributed by atoms with van der Waals surface area (Å²) in [6.07, 6.45) is 30.6. The largest absolute Gasteiger partial charge is 0.478 e. The van der Waals surface area contributed by atoms with Crippen molar-refractivity contribution in [2.75, 3.05) is 6.61 Å². The summed E-state index contributed by atoms with van der Waals surface area (Å²) in [5.41, 5.74) is 4.27. The number of unbranched alkanes of at least 4 members (excludes halogenated alkanes) is 21. The number of carbonyl (C=O) groups excluding carboxylic acids is 1. The van der Waals surface area contributed by atoms with Gasteiger partial charge < -0.3 is 21.1 Å². The van der Waals surface area contributed by atoms with Gasteiger partial charge in [0.1, 0.15) is 0 Å². The van der Waals surface area contributed by atoms with E-state index < -0.39 is 11.6 Å². The molecule has 5 N–H and O–H groups in total. The number of aliphatic carboxylic acids is 1. The van der Waals surface area contributed by atoms with E-state index in [1.807, 2.05) is 0 Å². The van der Waals surface area contributed by atoms with E-state index in [0.29, 0.717) is 24.8 Å². The smallest absolute Gasteiger partial charge is 0.331 e. The van der Waals surface area contributed by atoms with Crippen LogP contribution in [0, 0.1) is 0 Å². The van der Waals surface area contributed by atoms with Gasteiger partial charge in [-0.1, -0.05) is 148 Å². The molecular weight excluding hydrogens is 502 g/mol. The monoisotopic (exact) mass is 567 g/mol. The van der Waals surface area contributed by atoms with E-state index in [1.165, 1.54) is 83.5 Å². The predicted molar refractivity (Wildman–Crippen MR) is 167 cm³/mol. The highest BCUT2D eigenvalue weighted by atomic mass is 16.4. The van der Waals surface area contributed by atoms with Crippen molar-refractivity contribution in [2.45, 2.75) is 186 Å². The van der Waals surface area contributed by atoms with Crippen molar-refractivity contribution >= 4 is 11.9 Å². The maximum absolute atomic E-state index is 11.7. The number of carbonyl (C=O) groups is 2. The van der Waals surface area contributed by atoms with E-state index in [-0.39, 0.29) is 18.9 Å². The summed E-state index contributed by atoms with van der Waals surface area (Å²) in [6.45, 7) is 1.91. The fraction of sp³-hybridized carbons (Fsp3) is 0.882. The molecule has 6 nitrogen and oxygen atoms in total. The molecule has 236 valence electrons. The van der Waals surface area contributed by atoms with E-state index in [2.05, 4.69) is 6.92 Å². The molecule has 0 heterocycles. The lowest BCUT2D eigenvalue weighted by Crippen LogP contribution is -2.32. The molecule has 0 aliphatic rings. The Kier molecular flexibility index (Phi) is 26.8. The van der Waals surface area contributed by atoms with E-state index >= 15 is 0 Å². The molecule has 6 heteroatoms. The molecular formula is C34H65NO5. The van der Waals surface area contributed by atoms with Gasteiger partial charge in [0.15, 0.2) is 0 Å². The van der Waals surface area contributed by atoms with Crippen molar-refractivity contribution in [3.8, 4) is 0 Å². The Hall–Kier alpha value is -1.40. The fourth-order valence-corrected chi connectivity index (χ4v) is 5.36. The zero-order valence-corrected chi connectivity index (χ0v) is 26.1. The van der Waals surface area contributed by atoms with Crippen LogP contribution in [-0.2, 0) is 9.59 Å². The number of primary amides is 1. The van der Waals surface area contributed by atoms with Crippen LogP contribution in [0.4, 0.5) is 0 Å². The third-order valence-corrected chi connectivity index (χ3v) is 8.16. The van der Waals surface area contributed by atoms with Crippen LogP contribution in [0.5, 0.6) is 0 Å². The molecule has 0 bridgehead atoms. The number of rotatable bonds is 31. The Bertz CT molecular complexity index is 636. The van der Waals surface area contributed by atoms with Gasteiger partial charge in [-0.15, -0.1) is 0 Å². The van der Waals surface area contributed by atoms with E-state index in [0.717, 1.165) is 64.2 Å². The fourth-order valence-electron chi connectivity index (χ4n) is 5.36. The molecule has 0 saturated carbocycles. The van der Waals surface area contributed by atoms with Crippen molar-refractivity contribution in [1.82, 2.24) is 0 Å². The van der Waals surface area contributed by atoms with Crippen LogP contribution >= 0.6 is 0 Å². The Morgan fingerprint density at radius 3 is 1.38 bits per heavy atom. The van der Waals surface area contributed by atoms with Gasteiger partial charge in [0.25, 0.3) is 0 Å². The maximum atomic E-state index is 11.7. The topological polar surface area (TPSA) is 121 Å². The molecule has 1 unspecified atom stereocenters.